The summed E-state index contributed by atoms with van der Waals surface area (Å²) in [5.74, 6) is -0.117. The number of carbonyl (C=O) groups excluding carboxylic acids is 2. The van der Waals surface area contributed by atoms with Crippen LogP contribution in [0.4, 0.5) is 5.69 Å². The zero-order valence-corrected chi connectivity index (χ0v) is 16.9. The van der Waals surface area contributed by atoms with E-state index in [-0.39, 0.29) is 17.4 Å². The van der Waals surface area contributed by atoms with Crippen LogP contribution in [0.15, 0.2) is 54.6 Å². The van der Waals surface area contributed by atoms with Crippen LogP contribution in [0.1, 0.15) is 53.7 Å². The normalized spacial score (nSPS) is 18.2. The molecule has 0 atom stereocenters. The van der Waals surface area contributed by atoms with Gasteiger partial charge in [-0.15, -0.1) is 0 Å². The molecule has 0 radical (unpaired) electrons. The summed E-state index contributed by atoms with van der Waals surface area (Å²) in [5.41, 5.74) is 3.49. The summed E-state index contributed by atoms with van der Waals surface area (Å²) >= 11 is 0. The molecule has 1 fully saturated rings. The maximum Gasteiger partial charge on any atom is 0.252 e. The van der Waals surface area contributed by atoms with Crippen LogP contribution >= 0.6 is 0 Å². The van der Waals surface area contributed by atoms with Crippen LogP contribution in [0, 0.1) is 6.92 Å². The van der Waals surface area contributed by atoms with Crippen LogP contribution in [-0.2, 0) is 15.7 Å². The molecule has 2 amide bonds. The van der Waals surface area contributed by atoms with Gasteiger partial charge in [-0.2, -0.15) is 0 Å². The van der Waals surface area contributed by atoms with E-state index in [0.29, 0.717) is 5.56 Å². The van der Waals surface area contributed by atoms with Gasteiger partial charge in [-0.25, -0.2) is 0 Å². The van der Waals surface area contributed by atoms with Gasteiger partial charge in [0.1, 0.15) is 0 Å². The van der Waals surface area contributed by atoms with E-state index in [0.717, 1.165) is 29.7 Å². The topological polar surface area (TPSA) is 58.2 Å². The highest BCUT2D eigenvalue weighted by Gasteiger charge is 2.47. The summed E-state index contributed by atoms with van der Waals surface area (Å²) in [7, 11) is 0. The predicted octanol–water partition coefficient (Wildman–Crippen LogP) is 4.80. The molecule has 4 heteroatoms. The minimum Gasteiger partial charge on any atom is -0.342 e. The van der Waals surface area contributed by atoms with Crippen molar-refractivity contribution in [2.45, 2.75) is 44.6 Å². The van der Waals surface area contributed by atoms with E-state index in [2.05, 4.69) is 41.0 Å². The lowest BCUT2D eigenvalue weighted by Gasteiger charge is -2.21. The Kier molecular flexibility index (Phi) is 3.66. The van der Waals surface area contributed by atoms with Gasteiger partial charge in [-0.3, -0.25) is 9.59 Å². The average molecular weight is 384 g/mol. The Morgan fingerprint density at radius 2 is 1.72 bits per heavy atom. The lowest BCUT2D eigenvalue weighted by atomic mass is 9.84. The summed E-state index contributed by atoms with van der Waals surface area (Å²) in [5, 5.41) is 8.60. The molecule has 5 rings (SSSR count). The second kappa shape index (κ2) is 5.93. The van der Waals surface area contributed by atoms with E-state index in [1.54, 1.807) is 0 Å². The molecule has 0 aromatic heterocycles. The number of amides is 2. The third-order valence-corrected chi connectivity index (χ3v) is 6.51. The average Bonchev–Trinajstić information content (AvgIpc) is 3.44. The van der Waals surface area contributed by atoms with Crippen molar-refractivity contribution < 1.29 is 9.59 Å². The summed E-state index contributed by atoms with van der Waals surface area (Å²) in [6.07, 6.45) is 1.86. The highest BCUT2D eigenvalue weighted by molar-refractivity contribution is 6.08. The molecule has 29 heavy (non-hydrogen) atoms. The fourth-order valence-corrected chi connectivity index (χ4v) is 4.49. The van der Waals surface area contributed by atoms with Crippen molar-refractivity contribution in [3.05, 3.63) is 76.9 Å². The zero-order valence-electron chi connectivity index (χ0n) is 16.9. The third kappa shape index (κ3) is 2.66. The first kappa shape index (κ1) is 17.9. The molecular formula is C25H24N2O2. The highest BCUT2D eigenvalue weighted by atomic mass is 16.2. The lowest BCUT2D eigenvalue weighted by molar-refractivity contribution is -0.119. The fourth-order valence-electron chi connectivity index (χ4n) is 4.49. The largest absolute Gasteiger partial charge is 0.342 e. The van der Waals surface area contributed by atoms with Gasteiger partial charge in [0.05, 0.1) is 11.0 Å². The Bertz CT molecular complexity index is 1180. The van der Waals surface area contributed by atoms with Crippen LogP contribution in [0.2, 0.25) is 0 Å². The molecule has 0 spiro atoms. The standard InChI is InChI=1S/C25H24N2O2/c1-15-13-20-21(26-23(29)24(20,2)3)14-18(15)22(28)27-25(11-12-25)19-10-6-8-16-7-4-5-9-17(16)19/h4-10,13-14H,11-12H2,1-3H3,(H,26,29)(H,27,28). The Morgan fingerprint density at radius 3 is 2.48 bits per heavy atom. The molecule has 0 bridgehead atoms. The SMILES string of the molecule is Cc1cc2c(cc1C(=O)NC1(c3cccc4ccccc34)CC1)NC(=O)C2(C)C. The van der Waals surface area contributed by atoms with E-state index in [1.807, 2.05) is 45.0 Å². The summed E-state index contributed by atoms with van der Waals surface area (Å²) in [6.45, 7) is 5.76. The molecule has 2 aliphatic rings. The van der Waals surface area contributed by atoms with E-state index < -0.39 is 5.41 Å². The molecule has 1 heterocycles. The van der Waals surface area contributed by atoms with Gasteiger partial charge in [0, 0.05) is 11.3 Å². The minimum atomic E-state index is -0.574. The number of rotatable bonds is 3. The van der Waals surface area contributed by atoms with E-state index in [1.165, 1.54) is 16.3 Å². The highest BCUT2D eigenvalue weighted by Crippen LogP contribution is 2.48. The van der Waals surface area contributed by atoms with Crippen LogP contribution in [-0.4, -0.2) is 11.8 Å². The number of nitrogens with one attached hydrogen (secondary N) is 2. The molecule has 3 aromatic carbocycles. The molecule has 2 N–H and O–H groups in total. The second-order valence-corrected chi connectivity index (χ2v) is 8.85. The van der Waals surface area contributed by atoms with Gasteiger partial charge in [0.25, 0.3) is 5.91 Å². The summed E-state index contributed by atoms with van der Waals surface area (Å²) < 4.78 is 0. The third-order valence-electron chi connectivity index (χ3n) is 6.51. The first-order valence-electron chi connectivity index (χ1n) is 10.1. The number of carbonyl (C=O) groups is 2. The van der Waals surface area contributed by atoms with Crippen molar-refractivity contribution in [3.8, 4) is 0 Å². The van der Waals surface area contributed by atoms with Gasteiger partial charge >= 0.3 is 0 Å². The molecule has 0 unspecified atom stereocenters. The number of hydrogen-bond acceptors (Lipinski definition) is 2. The summed E-state index contributed by atoms with van der Waals surface area (Å²) in [6, 6.07) is 18.4. The minimum absolute atomic E-state index is 0.0288. The maximum atomic E-state index is 13.2. The van der Waals surface area contributed by atoms with Crippen molar-refractivity contribution in [2.75, 3.05) is 5.32 Å². The molecule has 146 valence electrons. The molecule has 1 saturated carbocycles. The van der Waals surface area contributed by atoms with Crippen LogP contribution < -0.4 is 10.6 Å². The number of benzene rings is 3. The van der Waals surface area contributed by atoms with E-state index in [9.17, 15) is 9.59 Å². The lowest BCUT2D eigenvalue weighted by Crippen LogP contribution is -2.35. The number of fused-ring (bicyclic) bond motifs is 2. The van der Waals surface area contributed by atoms with E-state index in [4.69, 9.17) is 0 Å². The van der Waals surface area contributed by atoms with Crippen LogP contribution in [0.5, 0.6) is 0 Å². The summed E-state index contributed by atoms with van der Waals surface area (Å²) in [4.78, 5) is 25.5. The molecule has 1 aliphatic heterocycles. The quantitative estimate of drug-likeness (QED) is 0.682. The zero-order chi connectivity index (χ0) is 20.4. The fraction of sp³-hybridized carbons (Fsp3) is 0.280. The predicted molar refractivity (Wildman–Crippen MR) is 115 cm³/mol. The van der Waals surface area contributed by atoms with Crippen molar-refractivity contribution in [1.29, 1.82) is 0 Å². The van der Waals surface area contributed by atoms with Gasteiger partial charge in [-0.05, 0) is 67.1 Å². The monoisotopic (exact) mass is 384 g/mol. The number of anilines is 1. The first-order chi connectivity index (χ1) is 13.8. The molecular weight excluding hydrogens is 360 g/mol. The van der Waals surface area contributed by atoms with Gasteiger partial charge in [0.15, 0.2) is 0 Å². The van der Waals surface area contributed by atoms with Crippen LogP contribution in [0.25, 0.3) is 10.8 Å². The Hall–Kier alpha value is -3.14. The van der Waals surface area contributed by atoms with Crippen molar-refractivity contribution in [2.24, 2.45) is 0 Å². The smallest absolute Gasteiger partial charge is 0.252 e. The maximum absolute atomic E-state index is 13.2. The number of hydrogen-bond donors (Lipinski definition) is 2. The van der Waals surface area contributed by atoms with E-state index >= 15 is 0 Å². The van der Waals surface area contributed by atoms with Gasteiger partial charge < -0.3 is 10.6 Å². The first-order valence-corrected chi connectivity index (χ1v) is 10.1. The van der Waals surface area contributed by atoms with Crippen molar-refractivity contribution in [1.82, 2.24) is 5.32 Å². The van der Waals surface area contributed by atoms with Crippen molar-refractivity contribution >= 4 is 28.3 Å². The second-order valence-electron chi connectivity index (χ2n) is 8.85. The Labute approximate surface area is 170 Å². The Morgan fingerprint density at radius 1 is 1.00 bits per heavy atom. The van der Waals surface area contributed by atoms with Gasteiger partial charge in [0.2, 0.25) is 5.91 Å². The Balaban J connectivity index is 1.50. The molecule has 4 nitrogen and oxygen atoms in total. The molecule has 3 aromatic rings. The van der Waals surface area contributed by atoms with Crippen LogP contribution in [0.3, 0.4) is 0 Å². The van der Waals surface area contributed by atoms with Gasteiger partial charge in [-0.1, -0.05) is 48.5 Å². The molecule has 0 saturated heterocycles. The molecule has 1 aliphatic carbocycles. The number of aryl methyl sites for hydroxylation is 1. The van der Waals surface area contributed by atoms with Crippen molar-refractivity contribution in [3.63, 3.8) is 0 Å².